The van der Waals surface area contributed by atoms with E-state index in [1.807, 2.05) is 68.4 Å². The molecule has 6 rings (SSSR count). The van der Waals surface area contributed by atoms with Gasteiger partial charge in [0, 0.05) is 29.4 Å². The third-order valence-corrected chi connectivity index (χ3v) is 7.32. The summed E-state index contributed by atoms with van der Waals surface area (Å²) in [6.07, 6.45) is 1.64. The number of hydrogen-bond acceptors (Lipinski definition) is 7. The molecule has 0 bridgehead atoms. The highest BCUT2D eigenvalue weighted by atomic mass is 35.5. The molecule has 0 saturated heterocycles. The third-order valence-electron chi connectivity index (χ3n) is 7.32. The average molecular weight is 585 g/mol. The van der Waals surface area contributed by atoms with Crippen molar-refractivity contribution in [1.29, 1.82) is 0 Å². The number of halogens is 1. The third kappa shape index (κ3) is 5.50. The predicted molar refractivity (Wildman–Crippen MR) is 166 cm³/mol. The minimum Gasteiger partial charge on any atom is -0.454 e. The summed E-state index contributed by atoms with van der Waals surface area (Å²) >= 11 is 0. The van der Waals surface area contributed by atoms with Crippen molar-refractivity contribution in [3.63, 3.8) is 0 Å². The van der Waals surface area contributed by atoms with Gasteiger partial charge in [0.25, 0.3) is 5.91 Å². The Bertz CT molecular complexity index is 1770. The maximum atomic E-state index is 13.7. The molecule has 1 aliphatic heterocycles. The second-order valence-corrected chi connectivity index (χ2v) is 11.3. The molecule has 1 aliphatic rings. The Morgan fingerprint density at radius 3 is 2.52 bits per heavy atom. The van der Waals surface area contributed by atoms with Gasteiger partial charge in [-0.05, 0) is 60.2 Å². The highest BCUT2D eigenvalue weighted by Gasteiger charge is 2.22. The molecule has 0 radical (unpaired) electrons. The Morgan fingerprint density at radius 1 is 0.976 bits per heavy atom. The van der Waals surface area contributed by atoms with Crippen LogP contribution in [-0.2, 0) is 12.0 Å². The van der Waals surface area contributed by atoms with Crippen LogP contribution in [-0.4, -0.2) is 22.8 Å². The number of nitrogens with zero attached hydrogens (tertiary/aromatic N) is 2. The van der Waals surface area contributed by atoms with Gasteiger partial charge in [0.1, 0.15) is 5.76 Å². The molecule has 2 N–H and O–H groups in total. The lowest BCUT2D eigenvalue weighted by Crippen LogP contribution is -2.24. The zero-order valence-corrected chi connectivity index (χ0v) is 25.0. The maximum absolute atomic E-state index is 13.7. The first-order valence-corrected chi connectivity index (χ1v) is 13.6. The van der Waals surface area contributed by atoms with E-state index in [0.717, 1.165) is 50.3 Å². The van der Waals surface area contributed by atoms with Crippen molar-refractivity contribution in [1.82, 2.24) is 15.5 Å². The number of benzene rings is 3. The molecule has 3 heterocycles. The summed E-state index contributed by atoms with van der Waals surface area (Å²) in [6, 6.07) is 19.9. The average Bonchev–Trinajstić information content (AvgIpc) is 3.56. The van der Waals surface area contributed by atoms with Gasteiger partial charge in [0.2, 0.25) is 6.79 Å². The Hall–Kier alpha value is -4.56. The van der Waals surface area contributed by atoms with Gasteiger partial charge in [-0.1, -0.05) is 62.3 Å². The Labute approximate surface area is 250 Å². The maximum Gasteiger partial charge on any atom is 0.255 e. The summed E-state index contributed by atoms with van der Waals surface area (Å²) in [6.45, 7) is 10.9. The fourth-order valence-electron chi connectivity index (χ4n) is 5.26. The fraction of sp³-hybridized carbons (Fsp3) is 0.242. The van der Waals surface area contributed by atoms with E-state index in [-0.39, 0.29) is 30.5 Å². The molecule has 216 valence electrons. The summed E-state index contributed by atoms with van der Waals surface area (Å²) in [4.78, 5) is 18.4. The first kappa shape index (κ1) is 29.0. The fourth-order valence-corrected chi connectivity index (χ4v) is 5.26. The lowest BCUT2D eigenvalue weighted by molar-refractivity contribution is 0.0951. The number of aromatic nitrogens is 2. The Balaban J connectivity index is 0.00000353. The zero-order chi connectivity index (χ0) is 28.7. The molecule has 5 aromatic rings. The molecular weight excluding hydrogens is 552 g/mol. The van der Waals surface area contributed by atoms with E-state index >= 15 is 0 Å². The summed E-state index contributed by atoms with van der Waals surface area (Å²) < 4.78 is 16.3. The van der Waals surface area contributed by atoms with Crippen molar-refractivity contribution in [2.45, 2.75) is 46.6 Å². The van der Waals surface area contributed by atoms with Crippen LogP contribution < -0.4 is 20.1 Å². The molecule has 0 atom stereocenters. The van der Waals surface area contributed by atoms with E-state index < -0.39 is 0 Å². The van der Waals surface area contributed by atoms with E-state index in [4.69, 9.17) is 19.0 Å². The molecule has 0 saturated carbocycles. The number of para-hydroxylation sites is 1. The number of fused-ring (bicyclic) bond motifs is 2. The van der Waals surface area contributed by atoms with Crippen LogP contribution in [0.1, 0.15) is 53.7 Å². The van der Waals surface area contributed by atoms with E-state index in [2.05, 4.69) is 42.6 Å². The van der Waals surface area contributed by atoms with Crippen LogP contribution in [0.5, 0.6) is 11.5 Å². The second kappa shape index (κ2) is 11.4. The van der Waals surface area contributed by atoms with Gasteiger partial charge < -0.3 is 24.6 Å². The van der Waals surface area contributed by atoms with E-state index in [1.165, 1.54) is 0 Å². The van der Waals surface area contributed by atoms with Gasteiger partial charge in [-0.25, -0.2) is 0 Å². The van der Waals surface area contributed by atoms with Gasteiger partial charge in [-0.2, -0.15) is 0 Å². The van der Waals surface area contributed by atoms with Crippen LogP contribution in [0.4, 0.5) is 11.4 Å². The summed E-state index contributed by atoms with van der Waals surface area (Å²) in [5.41, 5.74) is 7.51. The normalized spacial score (nSPS) is 12.2. The van der Waals surface area contributed by atoms with Gasteiger partial charge in [0.15, 0.2) is 11.5 Å². The molecule has 3 aromatic carbocycles. The minimum atomic E-state index is -0.234. The SMILES string of the molecule is Cc1noc(C)c1-c1ccc2c(Nc3ccccc3C(C)(C)C)c(C(=O)NCc3ccc4c(c3)OCO4)cnc2c1.Cl. The van der Waals surface area contributed by atoms with Crippen molar-refractivity contribution in [2.24, 2.45) is 0 Å². The highest BCUT2D eigenvalue weighted by Crippen LogP contribution is 2.37. The standard InChI is InChI=1S/C33H32N4O4.ClH/c1-19-30(20(2)41-37-19)22-11-12-23-27(15-22)34-17-24(31(23)36-26-9-7-6-8-25(26)33(3,4)5)32(38)35-16-21-10-13-28-29(14-21)40-18-39-28;/h6-15,17H,16,18H2,1-5H3,(H,34,36)(H,35,38);1H. The quantitative estimate of drug-likeness (QED) is 0.212. The van der Waals surface area contributed by atoms with Crippen molar-refractivity contribution in [3.05, 3.63) is 95.0 Å². The molecule has 8 nitrogen and oxygen atoms in total. The molecule has 0 spiro atoms. The van der Waals surface area contributed by atoms with Crippen LogP contribution in [0, 0.1) is 13.8 Å². The number of anilines is 2. The topological polar surface area (TPSA) is 98.5 Å². The molecular formula is C33H33ClN4O4. The van der Waals surface area contributed by atoms with E-state index in [9.17, 15) is 4.79 Å². The van der Waals surface area contributed by atoms with E-state index in [1.54, 1.807) is 6.20 Å². The number of nitrogens with one attached hydrogen (secondary N) is 2. The predicted octanol–water partition coefficient (Wildman–Crippen LogP) is 7.63. The first-order valence-electron chi connectivity index (χ1n) is 13.6. The lowest BCUT2D eigenvalue weighted by atomic mass is 9.85. The molecule has 9 heteroatoms. The molecule has 0 aliphatic carbocycles. The summed E-state index contributed by atoms with van der Waals surface area (Å²) in [5, 5.41) is 11.6. The van der Waals surface area contributed by atoms with Crippen LogP contribution >= 0.6 is 12.4 Å². The monoisotopic (exact) mass is 584 g/mol. The Morgan fingerprint density at radius 2 is 1.76 bits per heavy atom. The van der Waals surface area contributed by atoms with Gasteiger partial charge in [-0.15, -0.1) is 12.4 Å². The minimum absolute atomic E-state index is 0. The van der Waals surface area contributed by atoms with Gasteiger partial charge in [0.05, 0.1) is 22.5 Å². The number of amides is 1. The van der Waals surface area contributed by atoms with Crippen molar-refractivity contribution < 1.29 is 18.8 Å². The highest BCUT2D eigenvalue weighted by molar-refractivity contribution is 6.08. The van der Waals surface area contributed by atoms with Crippen molar-refractivity contribution >= 4 is 40.6 Å². The summed E-state index contributed by atoms with van der Waals surface area (Å²) in [7, 11) is 0. The lowest BCUT2D eigenvalue weighted by Gasteiger charge is -2.24. The number of carbonyl (C=O) groups is 1. The molecule has 1 amide bonds. The number of hydrogen-bond donors (Lipinski definition) is 2. The van der Waals surface area contributed by atoms with Gasteiger partial charge in [-0.3, -0.25) is 9.78 Å². The van der Waals surface area contributed by atoms with E-state index in [0.29, 0.717) is 29.3 Å². The molecule has 0 unspecified atom stereocenters. The number of rotatable bonds is 6. The Kier molecular flexibility index (Phi) is 7.84. The molecule has 0 fully saturated rings. The molecule has 2 aromatic heterocycles. The second-order valence-electron chi connectivity index (χ2n) is 11.3. The number of pyridine rings is 1. The van der Waals surface area contributed by atoms with Crippen molar-refractivity contribution in [2.75, 3.05) is 12.1 Å². The smallest absolute Gasteiger partial charge is 0.255 e. The number of carbonyl (C=O) groups excluding carboxylic acids is 1. The van der Waals surface area contributed by atoms with Gasteiger partial charge >= 0.3 is 0 Å². The van der Waals surface area contributed by atoms with Crippen LogP contribution in [0.3, 0.4) is 0 Å². The number of aryl methyl sites for hydroxylation is 2. The summed E-state index contributed by atoms with van der Waals surface area (Å²) in [5.74, 6) is 1.90. The largest absolute Gasteiger partial charge is 0.454 e. The zero-order valence-electron chi connectivity index (χ0n) is 24.2. The van der Waals surface area contributed by atoms with Crippen molar-refractivity contribution in [3.8, 4) is 22.6 Å². The van der Waals surface area contributed by atoms with Crippen LogP contribution in [0.15, 0.2) is 71.4 Å². The van der Waals surface area contributed by atoms with Crippen LogP contribution in [0.25, 0.3) is 22.0 Å². The molecule has 42 heavy (non-hydrogen) atoms. The first-order chi connectivity index (χ1) is 19.7. The van der Waals surface area contributed by atoms with Crippen LogP contribution in [0.2, 0.25) is 0 Å². The number of ether oxygens (including phenoxy) is 2.